The van der Waals surface area contributed by atoms with Gasteiger partial charge in [0, 0.05) is 18.6 Å². The fourth-order valence-corrected chi connectivity index (χ4v) is 3.56. The Labute approximate surface area is 212 Å². The van der Waals surface area contributed by atoms with Gasteiger partial charge >= 0.3 is 17.9 Å². The van der Waals surface area contributed by atoms with Gasteiger partial charge in [-0.15, -0.1) is 0 Å². The molecule has 0 amide bonds. The molecule has 0 spiro atoms. The first-order valence-corrected chi connectivity index (χ1v) is 11.2. The minimum absolute atomic E-state index is 0.000109. The van der Waals surface area contributed by atoms with Crippen molar-refractivity contribution in [2.75, 3.05) is 13.2 Å². The number of ether oxygens (including phenoxy) is 3. The number of carboxylic acids is 2. The summed E-state index contributed by atoms with van der Waals surface area (Å²) in [5, 5.41) is 18.2. The number of hydrogen-bond acceptors (Lipinski definition) is 10. The Bertz CT molecular complexity index is 1550. The molecule has 12 nitrogen and oxygen atoms in total. The zero-order valence-corrected chi connectivity index (χ0v) is 19.8. The molecule has 0 atom stereocenters. The summed E-state index contributed by atoms with van der Waals surface area (Å²) in [5.41, 5.74) is -1.29. The Morgan fingerprint density at radius 3 is 1.63 bits per heavy atom. The number of fused-ring (bicyclic) bond motifs is 2. The molecule has 0 fully saturated rings. The highest BCUT2D eigenvalue weighted by molar-refractivity contribution is 5.90. The second-order valence-corrected chi connectivity index (χ2v) is 7.91. The third-order valence-corrected chi connectivity index (χ3v) is 5.29. The summed E-state index contributed by atoms with van der Waals surface area (Å²) in [6, 6.07) is 10.4. The quantitative estimate of drug-likeness (QED) is 0.290. The first-order chi connectivity index (χ1) is 18.2. The lowest BCUT2D eigenvalue weighted by Crippen LogP contribution is -2.31. The van der Waals surface area contributed by atoms with Gasteiger partial charge < -0.3 is 33.3 Å². The Hall–Kier alpha value is -5.13. The van der Waals surface area contributed by atoms with Gasteiger partial charge in [0.2, 0.25) is 11.5 Å². The monoisotopic (exact) mass is 524 g/mol. The highest BCUT2D eigenvalue weighted by Gasteiger charge is 2.20. The maximum Gasteiger partial charge on any atom is 0.371 e. The molecule has 2 aromatic carbocycles. The Morgan fingerprint density at radius 2 is 1.24 bits per heavy atom. The van der Waals surface area contributed by atoms with E-state index >= 15 is 0 Å². The number of carboxylic acid groups (broad SMARTS) is 2. The molecule has 0 aliphatic heterocycles. The van der Waals surface area contributed by atoms with Crippen molar-refractivity contribution in [3.8, 4) is 11.5 Å². The number of rotatable bonds is 10. The van der Waals surface area contributed by atoms with Crippen LogP contribution in [0.3, 0.4) is 0 Å². The number of carbonyl (C=O) groups excluding carboxylic acids is 1. The summed E-state index contributed by atoms with van der Waals surface area (Å²) in [6.07, 6.45) is -0.939. The first-order valence-electron chi connectivity index (χ1n) is 11.2. The molecule has 0 unspecified atom stereocenters. The number of aromatic carboxylic acids is 2. The molecule has 4 rings (SSSR count). The van der Waals surface area contributed by atoms with Gasteiger partial charge in [-0.2, -0.15) is 0 Å². The molecule has 0 bridgehead atoms. The first kappa shape index (κ1) is 25.9. The SMILES string of the molecule is CCC(=O)OC(COc1cccc2oc(C(=O)O)cc(=O)c12)COc1cccc2oc(C(=O)O)cc(=O)c12. The number of benzene rings is 2. The average molecular weight is 524 g/mol. The second-order valence-electron chi connectivity index (χ2n) is 7.91. The van der Waals surface area contributed by atoms with Gasteiger partial charge in [-0.05, 0) is 24.3 Å². The van der Waals surface area contributed by atoms with E-state index in [4.69, 9.17) is 33.3 Å². The minimum atomic E-state index is -1.40. The van der Waals surface area contributed by atoms with E-state index < -0.39 is 46.4 Å². The van der Waals surface area contributed by atoms with Gasteiger partial charge in [0.15, 0.2) is 17.0 Å². The van der Waals surface area contributed by atoms with Crippen LogP contribution >= 0.6 is 0 Å². The molecule has 0 aliphatic rings. The van der Waals surface area contributed by atoms with Crippen molar-refractivity contribution in [2.24, 2.45) is 0 Å². The van der Waals surface area contributed by atoms with Gasteiger partial charge in [-0.25, -0.2) is 9.59 Å². The van der Waals surface area contributed by atoms with Gasteiger partial charge in [-0.1, -0.05) is 19.1 Å². The van der Waals surface area contributed by atoms with Crippen molar-refractivity contribution in [3.05, 3.63) is 80.5 Å². The van der Waals surface area contributed by atoms with Gasteiger partial charge in [0.05, 0.1) is 0 Å². The van der Waals surface area contributed by atoms with Gasteiger partial charge in [0.25, 0.3) is 0 Å². The lowest BCUT2D eigenvalue weighted by Gasteiger charge is -2.19. The normalized spacial score (nSPS) is 11.0. The molecule has 0 saturated carbocycles. The van der Waals surface area contributed by atoms with Crippen LogP contribution in [-0.4, -0.2) is 47.4 Å². The third kappa shape index (κ3) is 5.48. The number of esters is 1. The van der Waals surface area contributed by atoms with Gasteiger partial charge in [0.1, 0.15) is 46.7 Å². The molecule has 0 aliphatic carbocycles. The summed E-state index contributed by atoms with van der Waals surface area (Å²) >= 11 is 0. The van der Waals surface area contributed by atoms with E-state index in [1.165, 1.54) is 36.4 Å². The molecule has 4 aromatic rings. The van der Waals surface area contributed by atoms with Crippen molar-refractivity contribution in [2.45, 2.75) is 19.4 Å². The zero-order chi connectivity index (χ0) is 27.4. The summed E-state index contributed by atoms with van der Waals surface area (Å²) in [6.45, 7) is 1.05. The average Bonchev–Trinajstić information content (AvgIpc) is 2.89. The van der Waals surface area contributed by atoms with Crippen LogP contribution in [0.1, 0.15) is 34.5 Å². The van der Waals surface area contributed by atoms with Crippen molar-refractivity contribution in [1.29, 1.82) is 0 Å². The van der Waals surface area contributed by atoms with E-state index in [2.05, 4.69) is 0 Å². The Kier molecular flexibility index (Phi) is 7.42. The van der Waals surface area contributed by atoms with E-state index in [0.29, 0.717) is 0 Å². The van der Waals surface area contributed by atoms with Crippen LogP contribution < -0.4 is 20.3 Å². The zero-order valence-electron chi connectivity index (χ0n) is 19.8. The Balaban J connectivity index is 1.58. The highest BCUT2D eigenvalue weighted by atomic mass is 16.6. The van der Waals surface area contributed by atoms with Crippen LogP contribution in [0.25, 0.3) is 21.9 Å². The molecule has 12 heteroatoms. The second kappa shape index (κ2) is 10.9. The van der Waals surface area contributed by atoms with Crippen molar-refractivity contribution in [1.82, 2.24) is 0 Å². The largest absolute Gasteiger partial charge is 0.489 e. The fraction of sp³-hybridized carbons (Fsp3) is 0.192. The summed E-state index contributed by atoms with van der Waals surface area (Å²) in [4.78, 5) is 59.5. The van der Waals surface area contributed by atoms with Crippen molar-refractivity contribution >= 4 is 39.8 Å². The topological polar surface area (TPSA) is 180 Å². The molecule has 2 aromatic heterocycles. The molecule has 0 saturated heterocycles. The van der Waals surface area contributed by atoms with Crippen molar-refractivity contribution in [3.63, 3.8) is 0 Å². The molecular formula is C26H20O12. The van der Waals surface area contributed by atoms with Crippen LogP contribution in [-0.2, 0) is 9.53 Å². The molecule has 2 N–H and O–H groups in total. The molecule has 196 valence electrons. The van der Waals surface area contributed by atoms with E-state index in [-0.39, 0.29) is 53.1 Å². The van der Waals surface area contributed by atoms with Crippen LogP contribution in [0.15, 0.2) is 67.0 Å². The van der Waals surface area contributed by atoms with Crippen LogP contribution in [0.4, 0.5) is 0 Å². The predicted octanol–water partition coefficient (Wildman–Crippen LogP) is 3.08. The molecular weight excluding hydrogens is 504 g/mol. The lowest BCUT2D eigenvalue weighted by molar-refractivity contribution is -0.151. The molecule has 2 heterocycles. The van der Waals surface area contributed by atoms with E-state index in [9.17, 15) is 24.0 Å². The number of carbonyl (C=O) groups is 3. The van der Waals surface area contributed by atoms with Crippen LogP contribution in [0.2, 0.25) is 0 Å². The van der Waals surface area contributed by atoms with E-state index in [1.54, 1.807) is 6.92 Å². The molecule has 0 radical (unpaired) electrons. The minimum Gasteiger partial charge on any atom is -0.489 e. The predicted molar refractivity (Wildman–Crippen MR) is 130 cm³/mol. The standard InChI is InChI=1S/C26H20O12/c1-2-22(29)36-13(11-34-16-5-3-7-18-23(16)14(27)9-20(37-18)25(30)31)12-35-17-6-4-8-19-24(17)15(28)10-21(38-19)26(32)33/h3-10,13H,2,11-12H2,1H3,(H,30,31)(H,32,33). The highest BCUT2D eigenvalue weighted by Crippen LogP contribution is 2.25. The smallest absolute Gasteiger partial charge is 0.371 e. The van der Waals surface area contributed by atoms with E-state index in [0.717, 1.165) is 12.1 Å². The van der Waals surface area contributed by atoms with Crippen LogP contribution in [0, 0.1) is 0 Å². The Morgan fingerprint density at radius 1 is 0.789 bits per heavy atom. The summed E-state index contributed by atoms with van der Waals surface area (Å²) < 4.78 is 27.4. The lowest BCUT2D eigenvalue weighted by atomic mass is 10.2. The third-order valence-electron chi connectivity index (χ3n) is 5.29. The van der Waals surface area contributed by atoms with Crippen LogP contribution in [0.5, 0.6) is 11.5 Å². The van der Waals surface area contributed by atoms with Gasteiger partial charge in [-0.3, -0.25) is 14.4 Å². The fourth-order valence-electron chi connectivity index (χ4n) is 3.56. The maximum atomic E-state index is 12.5. The molecule has 38 heavy (non-hydrogen) atoms. The number of hydrogen-bond donors (Lipinski definition) is 2. The summed E-state index contributed by atoms with van der Waals surface area (Å²) in [7, 11) is 0. The van der Waals surface area contributed by atoms with Crippen molar-refractivity contribution < 1.29 is 47.6 Å². The maximum absolute atomic E-state index is 12.5. The summed E-state index contributed by atoms with van der Waals surface area (Å²) in [5.74, 6) is -4.29. The van der Waals surface area contributed by atoms with E-state index in [1.807, 2.05) is 0 Å².